The molecule has 0 fully saturated rings. The normalized spacial score (nSPS) is 18.2. The van der Waals surface area contributed by atoms with Gasteiger partial charge in [0, 0.05) is 29.2 Å². The third kappa shape index (κ3) is 2.96. The summed E-state index contributed by atoms with van der Waals surface area (Å²) >= 11 is 0. The van der Waals surface area contributed by atoms with Crippen molar-refractivity contribution in [3.63, 3.8) is 0 Å². The highest BCUT2D eigenvalue weighted by Gasteiger charge is 2.42. The number of ether oxygens (including phenoxy) is 2. The molecule has 0 aromatic heterocycles. The van der Waals surface area contributed by atoms with E-state index in [1.807, 2.05) is 6.07 Å². The van der Waals surface area contributed by atoms with E-state index < -0.39 is 5.79 Å². The molecule has 0 radical (unpaired) electrons. The summed E-state index contributed by atoms with van der Waals surface area (Å²) < 4.78 is 13.5. The summed E-state index contributed by atoms with van der Waals surface area (Å²) in [4.78, 5) is 0. The molecule has 5 aromatic rings. The first-order valence-electron chi connectivity index (χ1n) is 11.6. The van der Waals surface area contributed by atoms with Crippen molar-refractivity contribution in [3.8, 4) is 11.5 Å². The molecule has 2 heteroatoms. The van der Waals surface area contributed by atoms with Crippen LogP contribution in [0.2, 0.25) is 0 Å². The van der Waals surface area contributed by atoms with Crippen LogP contribution >= 0.6 is 0 Å². The Morgan fingerprint density at radius 2 is 1.15 bits per heavy atom. The number of benzene rings is 5. The van der Waals surface area contributed by atoms with Gasteiger partial charge >= 0.3 is 0 Å². The fourth-order valence-corrected chi connectivity index (χ4v) is 5.16. The zero-order chi connectivity index (χ0) is 22.5. The number of hydrogen-bond acceptors (Lipinski definition) is 2. The van der Waals surface area contributed by atoms with Crippen molar-refractivity contribution in [2.45, 2.75) is 12.2 Å². The molecule has 1 spiro atoms. The lowest BCUT2D eigenvalue weighted by Crippen LogP contribution is -2.46. The van der Waals surface area contributed by atoms with Crippen LogP contribution in [-0.2, 0) is 6.42 Å². The maximum absolute atomic E-state index is 6.74. The maximum Gasteiger partial charge on any atom is 0.295 e. The first kappa shape index (κ1) is 19.2. The molecular weight excluding hydrogens is 416 g/mol. The first-order chi connectivity index (χ1) is 16.8. The predicted molar refractivity (Wildman–Crippen MR) is 139 cm³/mol. The largest absolute Gasteiger partial charge is 0.444 e. The molecule has 2 aliphatic heterocycles. The molecule has 0 aliphatic carbocycles. The van der Waals surface area contributed by atoms with Crippen molar-refractivity contribution in [1.82, 2.24) is 0 Å². The van der Waals surface area contributed by atoms with Crippen molar-refractivity contribution in [2.24, 2.45) is 0 Å². The Labute approximate surface area is 198 Å². The lowest BCUT2D eigenvalue weighted by atomic mass is 9.88. The Kier molecular flexibility index (Phi) is 4.16. The second-order valence-electron chi connectivity index (χ2n) is 8.93. The van der Waals surface area contributed by atoms with Gasteiger partial charge in [-0.1, -0.05) is 91.0 Å². The standard InChI is InChI=1S/C32H22O2/c1-2-8-22(9-3-1)20-25-21-29-27-13-7-5-11-24(27)15-17-31(29)34-32(25)19-18-28-26-12-6-4-10-23(26)14-16-30(28)33-32/h1-19,21H,20H2. The van der Waals surface area contributed by atoms with Gasteiger partial charge in [-0.2, -0.15) is 0 Å². The van der Waals surface area contributed by atoms with Crippen molar-refractivity contribution < 1.29 is 9.47 Å². The molecule has 162 valence electrons. The Bertz CT molecular complexity index is 1620. The highest BCUT2D eigenvalue weighted by Crippen LogP contribution is 2.46. The van der Waals surface area contributed by atoms with Crippen LogP contribution in [0.3, 0.4) is 0 Å². The second kappa shape index (κ2) is 7.36. The summed E-state index contributed by atoms with van der Waals surface area (Å²) in [5, 5.41) is 4.77. The molecule has 0 saturated heterocycles. The summed E-state index contributed by atoms with van der Waals surface area (Å²) in [5.41, 5.74) is 4.51. The maximum atomic E-state index is 6.74. The summed E-state index contributed by atoms with van der Waals surface area (Å²) in [5.74, 6) is 0.689. The fourth-order valence-electron chi connectivity index (χ4n) is 5.16. The zero-order valence-electron chi connectivity index (χ0n) is 18.6. The van der Waals surface area contributed by atoms with E-state index in [-0.39, 0.29) is 0 Å². The Balaban J connectivity index is 1.41. The molecule has 1 unspecified atom stereocenters. The molecule has 1 atom stereocenters. The lowest BCUT2D eigenvalue weighted by molar-refractivity contribution is -0.0426. The molecule has 2 aliphatic rings. The molecule has 34 heavy (non-hydrogen) atoms. The highest BCUT2D eigenvalue weighted by molar-refractivity contribution is 5.96. The van der Waals surface area contributed by atoms with Gasteiger partial charge in [-0.05, 0) is 51.4 Å². The average molecular weight is 439 g/mol. The summed E-state index contributed by atoms with van der Waals surface area (Å²) in [7, 11) is 0. The quantitative estimate of drug-likeness (QED) is 0.280. The Morgan fingerprint density at radius 3 is 1.85 bits per heavy atom. The second-order valence-corrected chi connectivity index (χ2v) is 8.93. The van der Waals surface area contributed by atoms with E-state index in [9.17, 15) is 0 Å². The van der Waals surface area contributed by atoms with Gasteiger partial charge in [-0.3, -0.25) is 0 Å². The van der Waals surface area contributed by atoms with Gasteiger partial charge in [0.05, 0.1) is 0 Å². The molecule has 0 N–H and O–H groups in total. The van der Waals surface area contributed by atoms with E-state index in [0.29, 0.717) is 0 Å². The SMILES string of the molecule is C1=CC2(Oc3ccc4ccccc4c31)Oc1ccc3ccccc3c1C=C2Cc1ccccc1. The summed E-state index contributed by atoms with van der Waals surface area (Å²) in [6, 6.07) is 35.7. The minimum Gasteiger partial charge on any atom is -0.444 e. The topological polar surface area (TPSA) is 18.5 Å². The third-order valence-corrected chi connectivity index (χ3v) is 6.86. The van der Waals surface area contributed by atoms with E-state index in [2.05, 4.69) is 115 Å². The molecule has 2 nitrogen and oxygen atoms in total. The van der Waals surface area contributed by atoms with Crippen molar-refractivity contribution >= 4 is 33.7 Å². The van der Waals surface area contributed by atoms with Crippen LogP contribution in [0.25, 0.3) is 33.7 Å². The third-order valence-electron chi connectivity index (χ3n) is 6.86. The monoisotopic (exact) mass is 438 g/mol. The van der Waals surface area contributed by atoms with Crippen LogP contribution in [0.1, 0.15) is 16.7 Å². The van der Waals surface area contributed by atoms with Crippen molar-refractivity contribution in [1.29, 1.82) is 0 Å². The van der Waals surface area contributed by atoms with Crippen LogP contribution in [0.15, 0.2) is 115 Å². The molecule has 5 aromatic carbocycles. The predicted octanol–water partition coefficient (Wildman–Crippen LogP) is 7.81. The van der Waals surface area contributed by atoms with E-state index in [4.69, 9.17) is 9.47 Å². The lowest BCUT2D eigenvalue weighted by Gasteiger charge is -2.40. The van der Waals surface area contributed by atoms with Crippen LogP contribution < -0.4 is 9.47 Å². The summed E-state index contributed by atoms with van der Waals surface area (Å²) in [6.07, 6.45) is 7.24. The van der Waals surface area contributed by atoms with Crippen molar-refractivity contribution in [3.05, 3.63) is 131 Å². The van der Waals surface area contributed by atoms with Gasteiger partial charge in [-0.25, -0.2) is 0 Å². The zero-order valence-corrected chi connectivity index (χ0v) is 18.6. The number of rotatable bonds is 2. The van der Waals surface area contributed by atoms with Crippen LogP contribution in [-0.4, -0.2) is 5.79 Å². The first-order valence-corrected chi connectivity index (χ1v) is 11.6. The fraction of sp³-hybridized carbons (Fsp3) is 0.0625. The minimum absolute atomic E-state index is 0.733. The number of hydrogen-bond donors (Lipinski definition) is 0. The molecule has 0 bridgehead atoms. The van der Waals surface area contributed by atoms with Gasteiger partial charge in [-0.15, -0.1) is 0 Å². The smallest absolute Gasteiger partial charge is 0.295 e. The van der Waals surface area contributed by atoms with Gasteiger partial charge in [0.25, 0.3) is 5.79 Å². The van der Waals surface area contributed by atoms with E-state index in [0.717, 1.165) is 34.6 Å². The van der Waals surface area contributed by atoms with E-state index >= 15 is 0 Å². The highest BCUT2D eigenvalue weighted by atomic mass is 16.7. The van der Waals surface area contributed by atoms with Crippen LogP contribution in [0.5, 0.6) is 11.5 Å². The van der Waals surface area contributed by atoms with Crippen LogP contribution in [0.4, 0.5) is 0 Å². The Morgan fingerprint density at radius 1 is 0.559 bits per heavy atom. The molecule has 0 amide bonds. The van der Waals surface area contributed by atoms with Gasteiger partial charge in [0.15, 0.2) is 0 Å². The van der Waals surface area contributed by atoms with E-state index in [1.54, 1.807) is 0 Å². The van der Waals surface area contributed by atoms with Crippen LogP contribution in [0, 0.1) is 0 Å². The van der Waals surface area contributed by atoms with Crippen molar-refractivity contribution in [2.75, 3.05) is 0 Å². The number of fused-ring (bicyclic) bond motifs is 6. The Hall–Kier alpha value is -4.30. The average Bonchev–Trinajstić information content (AvgIpc) is 2.89. The molecule has 7 rings (SSSR count). The van der Waals surface area contributed by atoms with Gasteiger partial charge < -0.3 is 9.47 Å². The summed E-state index contributed by atoms with van der Waals surface area (Å²) in [6.45, 7) is 0. The van der Waals surface area contributed by atoms with Gasteiger partial charge in [0.2, 0.25) is 0 Å². The molecule has 0 saturated carbocycles. The minimum atomic E-state index is -0.985. The molecular formula is C32H22O2. The molecule has 2 heterocycles. The van der Waals surface area contributed by atoms with Gasteiger partial charge in [0.1, 0.15) is 11.5 Å². The van der Waals surface area contributed by atoms with E-state index in [1.165, 1.54) is 27.1 Å².